The Morgan fingerprint density at radius 3 is 2.52 bits per heavy atom. The number of hydrogen-bond acceptors (Lipinski definition) is 4. The van der Waals surface area contributed by atoms with Crippen LogP contribution in [-0.2, 0) is 17.1 Å². The van der Waals surface area contributed by atoms with Crippen LogP contribution in [0.3, 0.4) is 0 Å². The van der Waals surface area contributed by atoms with Gasteiger partial charge in [-0.1, -0.05) is 0 Å². The van der Waals surface area contributed by atoms with Gasteiger partial charge in [-0.05, 0) is 37.1 Å². The Morgan fingerprint density at radius 1 is 1.33 bits per heavy atom. The van der Waals surface area contributed by atoms with E-state index >= 15 is 0 Å². The first kappa shape index (κ1) is 15.0. The van der Waals surface area contributed by atoms with E-state index < -0.39 is 16.0 Å². The second kappa shape index (κ2) is 5.21. The van der Waals surface area contributed by atoms with Crippen LogP contribution >= 0.6 is 0 Å². The number of carboxylic acids is 1. The molecule has 1 aromatic heterocycles. The van der Waals surface area contributed by atoms with Crippen molar-refractivity contribution in [3.05, 3.63) is 41.2 Å². The van der Waals surface area contributed by atoms with Gasteiger partial charge in [0.15, 0.2) is 0 Å². The van der Waals surface area contributed by atoms with Gasteiger partial charge in [0.25, 0.3) is 10.0 Å². The lowest BCUT2D eigenvalue weighted by Crippen LogP contribution is -2.15. The second-order valence-electron chi connectivity index (χ2n) is 4.73. The van der Waals surface area contributed by atoms with Crippen LogP contribution in [0.4, 0.5) is 5.69 Å². The smallest absolute Gasteiger partial charge is 0.335 e. The molecule has 8 heteroatoms. The molecule has 2 rings (SSSR count). The number of aryl methyl sites for hydroxylation is 2. The summed E-state index contributed by atoms with van der Waals surface area (Å²) in [5.74, 6) is -1.17. The van der Waals surface area contributed by atoms with E-state index in [0.717, 1.165) is 6.07 Å². The summed E-state index contributed by atoms with van der Waals surface area (Å²) in [6.07, 6.45) is 2.89. The molecule has 0 bridgehead atoms. The minimum absolute atomic E-state index is 0.0521. The van der Waals surface area contributed by atoms with Crippen molar-refractivity contribution in [2.45, 2.75) is 18.7 Å². The number of anilines is 1. The molecule has 1 aromatic carbocycles. The Balaban J connectivity index is 2.51. The molecule has 0 amide bonds. The highest BCUT2D eigenvalue weighted by molar-refractivity contribution is 7.92. The van der Waals surface area contributed by atoms with Gasteiger partial charge in [-0.2, -0.15) is 5.10 Å². The Morgan fingerprint density at radius 2 is 2.00 bits per heavy atom. The van der Waals surface area contributed by atoms with E-state index in [-0.39, 0.29) is 10.5 Å². The summed E-state index contributed by atoms with van der Waals surface area (Å²) in [7, 11) is -2.21. The molecule has 0 aliphatic heterocycles. The number of carboxylic acid groups (broad SMARTS) is 1. The van der Waals surface area contributed by atoms with Crippen molar-refractivity contribution in [1.82, 2.24) is 9.78 Å². The van der Waals surface area contributed by atoms with Crippen molar-refractivity contribution in [2.24, 2.45) is 7.05 Å². The van der Waals surface area contributed by atoms with E-state index in [1.807, 2.05) is 0 Å². The number of nitrogens with zero attached hydrogens (tertiary/aromatic N) is 2. The molecule has 21 heavy (non-hydrogen) atoms. The molecular formula is C13H15N3O4S. The third-order valence-corrected chi connectivity index (χ3v) is 4.62. The molecule has 0 radical (unpaired) electrons. The molecule has 2 N–H and O–H groups in total. The summed E-state index contributed by atoms with van der Waals surface area (Å²) in [5.41, 5.74) is 1.36. The van der Waals surface area contributed by atoms with Crippen molar-refractivity contribution in [3.63, 3.8) is 0 Å². The van der Waals surface area contributed by atoms with Gasteiger partial charge in [0, 0.05) is 13.2 Å². The van der Waals surface area contributed by atoms with E-state index in [9.17, 15) is 13.2 Å². The largest absolute Gasteiger partial charge is 0.478 e. The zero-order valence-corrected chi connectivity index (χ0v) is 12.6. The Bertz CT molecular complexity index is 809. The highest BCUT2D eigenvalue weighted by atomic mass is 32.2. The van der Waals surface area contributed by atoms with Crippen LogP contribution in [-0.4, -0.2) is 29.3 Å². The molecular weight excluding hydrogens is 294 g/mol. The summed E-state index contributed by atoms with van der Waals surface area (Å²) >= 11 is 0. The van der Waals surface area contributed by atoms with Gasteiger partial charge in [-0.15, -0.1) is 0 Å². The average molecular weight is 309 g/mol. The third-order valence-electron chi connectivity index (χ3n) is 3.11. The van der Waals surface area contributed by atoms with Crippen molar-refractivity contribution in [3.8, 4) is 0 Å². The number of sulfonamides is 1. The van der Waals surface area contributed by atoms with Crippen LogP contribution in [0.2, 0.25) is 0 Å². The lowest BCUT2D eigenvalue weighted by molar-refractivity contribution is 0.0696. The SMILES string of the molecule is Cc1cc(C(=O)O)cc(S(=O)(=O)Nc2cnn(C)c2)c1C. The van der Waals surface area contributed by atoms with Crippen molar-refractivity contribution in [2.75, 3.05) is 4.72 Å². The van der Waals surface area contributed by atoms with E-state index in [1.165, 1.54) is 23.1 Å². The van der Waals surface area contributed by atoms with Crippen LogP contribution in [0.25, 0.3) is 0 Å². The van der Waals surface area contributed by atoms with E-state index in [4.69, 9.17) is 5.11 Å². The number of nitrogens with one attached hydrogen (secondary N) is 1. The first-order chi connectivity index (χ1) is 9.70. The maximum atomic E-state index is 12.4. The first-order valence-electron chi connectivity index (χ1n) is 6.06. The molecule has 0 saturated carbocycles. The summed E-state index contributed by atoms with van der Waals surface area (Å²) in [6, 6.07) is 2.60. The van der Waals surface area contributed by atoms with Crippen molar-refractivity contribution < 1.29 is 18.3 Å². The van der Waals surface area contributed by atoms with Crippen LogP contribution in [0.15, 0.2) is 29.4 Å². The number of aromatic nitrogens is 2. The van der Waals surface area contributed by atoms with Crippen LogP contribution in [0.5, 0.6) is 0 Å². The molecule has 0 spiro atoms. The predicted molar refractivity (Wildman–Crippen MR) is 76.9 cm³/mol. The number of benzene rings is 1. The summed E-state index contributed by atoms with van der Waals surface area (Å²) < 4.78 is 28.7. The fraction of sp³-hybridized carbons (Fsp3) is 0.231. The van der Waals surface area contributed by atoms with Gasteiger partial charge >= 0.3 is 5.97 Å². The molecule has 1 heterocycles. The molecule has 112 valence electrons. The summed E-state index contributed by atoms with van der Waals surface area (Å²) in [4.78, 5) is 11.0. The Labute approximate surface area is 122 Å². The summed E-state index contributed by atoms with van der Waals surface area (Å²) in [5, 5.41) is 12.9. The van der Waals surface area contributed by atoms with Gasteiger partial charge in [0.1, 0.15) is 0 Å². The Kier molecular flexibility index (Phi) is 3.73. The van der Waals surface area contributed by atoms with E-state index in [1.54, 1.807) is 20.9 Å². The second-order valence-corrected chi connectivity index (χ2v) is 6.38. The quantitative estimate of drug-likeness (QED) is 0.892. The molecule has 0 saturated heterocycles. The molecule has 0 aliphatic carbocycles. The minimum Gasteiger partial charge on any atom is -0.478 e. The standard InChI is InChI=1S/C13H15N3O4S/c1-8-4-10(13(17)18)5-12(9(8)2)21(19,20)15-11-6-14-16(3)7-11/h4-7,15H,1-3H3,(H,17,18). The Hall–Kier alpha value is -2.35. The predicted octanol–water partition coefficient (Wildman–Crippen LogP) is 1.54. The number of aromatic carboxylic acids is 1. The van der Waals surface area contributed by atoms with Crippen molar-refractivity contribution in [1.29, 1.82) is 0 Å². The molecule has 2 aromatic rings. The van der Waals surface area contributed by atoms with Crippen molar-refractivity contribution >= 4 is 21.7 Å². The van der Waals surface area contributed by atoms with E-state index in [0.29, 0.717) is 16.8 Å². The normalized spacial score (nSPS) is 11.4. The van der Waals surface area contributed by atoms with Gasteiger partial charge in [0.2, 0.25) is 0 Å². The van der Waals surface area contributed by atoms with Gasteiger partial charge < -0.3 is 5.11 Å². The number of hydrogen-bond donors (Lipinski definition) is 2. The third kappa shape index (κ3) is 3.05. The number of rotatable bonds is 4. The minimum atomic E-state index is -3.88. The molecule has 7 nitrogen and oxygen atoms in total. The van der Waals surface area contributed by atoms with E-state index in [2.05, 4.69) is 9.82 Å². The highest BCUT2D eigenvalue weighted by Crippen LogP contribution is 2.23. The fourth-order valence-electron chi connectivity index (χ4n) is 1.91. The monoisotopic (exact) mass is 309 g/mol. The van der Waals surface area contributed by atoms with Crippen LogP contribution in [0, 0.1) is 13.8 Å². The summed E-state index contributed by atoms with van der Waals surface area (Å²) in [6.45, 7) is 3.31. The van der Waals surface area contributed by atoms with Crippen LogP contribution < -0.4 is 4.72 Å². The lowest BCUT2D eigenvalue weighted by atomic mass is 10.1. The maximum Gasteiger partial charge on any atom is 0.335 e. The zero-order valence-electron chi connectivity index (χ0n) is 11.8. The molecule has 0 atom stereocenters. The molecule has 0 aliphatic rings. The van der Waals surface area contributed by atoms with Gasteiger partial charge in [0.05, 0.1) is 22.3 Å². The first-order valence-corrected chi connectivity index (χ1v) is 7.55. The van der Waals surface area contributed by atoms with Gasteiger partial charge in [-0.3, -0.25) is 9.40 Å². The zero-order chi connectivity index (χ0) is 15.8. The molecule has 0 unspecified atom stereocenters. The topological polar surface area (TPSA) is 101 Å². The lowest BCUT2D eigenvalue weighted by Gasteiger charge is -2.12. The highest BCUT2D eigenvalue weighted by Gasteiger charge is 2.21. The van der Waals surface area contributed by atoms with Crippen LogP contribution in [0.1, 0.15) is 21.5 Å². The fourth-order valence-corrected chi connectivity index (χ4v) is 3.29. The average Bonchev–Trinajstić information content (AvgIpc) is 2.76. The molecule has 0 fully saturated rings. The van der Waals surface area contributed by atoms with Gasteiger partial charge in [-0.25, -0.2) is 13.2 Å². The number of carbonyl (C=O) groups is 1. The maximum absolute atomic E-state index is 12.4.